The molecule has 0 saturated carbocycles. The summed E-state index contributed by atoms with van der Waals surface area (Å²) < 4.78 is 25.9. The van der Waals surface area contributed by atoms with Gasteiger partial charge in [0.05, 0.1) is 17.9 Å². The third-order valence-corrected chi connectivity index (χ3v) is 2.13. The van der Waals surface area contributed by atoms with Gasteiger partial charge in [-0.05, 0) is 6.92 Å². The molecule has 0 aliphatic carbocycles. The molecule has 7 nitrogen and oxygen atoms in total. The lowest BCUT2D eigenvalue weighted by Gasteiger charge is -1.99. The molecule has 1 aromatic heterocycles. The summed E-state index contributed by atoms with van der Waals surface area (Å²) >= 11 is 0. The predicted molar refractivity (Wildman–Crippen MR) is 50.8 cm³/mol. The fraction of sp³-hybridized carbons (Fsp3) is 0.500. The largest absolute Gasteiger partial charge is 0.481 e. The molecular formula is C8H9F2N3O4. The second-order valence-electron chi connectivity index (χ2n) is 3.24. The first-order valence-corrected chi connectivity index (χ1v) is 4.56. The van der Waals surface area contributed by atoms with Crippen LogP contribution in [0.25, 0.3) is 0 Å². The van der Waals surface area contributed by atoms with Gasteiger partial charge in [0.2, 0.25) is 5.69 Å². The maximum atomic E-state index is 12.5. The molecule has 0 spiro atoms. The first kappa shape index (κ1) is 13.0. The van der Waals surface area contributed by atoms with Crippen LogP contribution >= 0.6 is 0 Å². The normalized spacial score (nSPS) is 10.8. The number of hydrogen-bond donors (Lipinski definition) is 1. The summed E-state index contributed by atoms with van der Waals surface area (Å²) in [5.74, 6) is -1.14. The second-order valence-corrected chi connectivity index (χ2v) is 3.24. The first-order chi connectivity index (χ1) is 7.84. The highest BCUT2D eigenvalue weighted by Crippen LogP contribution is 2.30. The van der Waals surface area contributed by atoms with Crippen molar-refractivity contribution in [3.63, 3.8) is 0 Å². The molecule has 0 bridgehead atoms. The average Bonchev–Trinajstić information content (AvgIpc) is 2.52. The molecule has 17 heavy (non-hydrogen) atoms. The zero-order valence-corrected chi connectivity index (χ0v) is 8.76. The SMILES string of the molecule is Cc1c([N+](=O)[O-])c(C(F)F)nn1CCC(=O)O. The Morgan fingerprint density at radius 3 is 2.59 bits per heavy atom. The third kappa shape index (κ3) is 2.74. The number of halogens is 2. The smallest absolute Gasteiger partial charge is 0.318 e. The van der Waals surface area contributed by atoms with Crippen molar-refractivity contribution in [3.05, 3.63) is 21.5 Å². The zero-order valence-electron chi connectivity index (χ0n) is 8.76. The fourth-order valence-corrected chi connectivity index (χ4v) is 1.35. The monoisotopic (exact) mass is 249 g/mol. The number of rotatable bonds is 5. The van der Waals surface area contributed by atoms with E-state index in [4.69, 9.17) is 5.11 Å². The maximum Gasteiger partial charge on any atom is 0.318 e. The van der Waals surface area contributed by atoms with E-state index in [0.29, 0.717) is 0 Å². The summed E-state index contributed by atoms with van der Waals surface area (Å²) in [6.45, 7) is 1.06. The Bertz CT molecular complexity index is 458. The summed E-state index contributed by atoms with van der Waals surface area (Å²) in [6, 6.07) is 0. The van der Waals surface area contributed by atoms with E-state index in [2.05, 4.69) is 5.10 Å². The highest BCUT2D eigenvalue weighted by atomic mass is 19.3. The van der Waals surface area contributed by atoms with Crippen LogP contribution in [0.1, 0.15) is 24.2 Å². The van der Waals surface area contributed by atoms with Gasteiger partial charge in [0.15, 0.2) is 0 Å². The number of aromatic nitrogens is 2. The first-order valence-electron chi connectivity index (χ1n) is 4.56. The van der Waals surface area contributed by atoms with E-state index >= 15 is 0 Å². The van der Waals surface area contributed by atoms with Crippen LogP contribution in [0.2, 0.25) is 0 Å². The van der Waals surface area contributed by atoms with Gasteiger partial charge in [0.1, 0.15) is 5.69 Å². The summed E-state index contributed by atoms with van der Waals surface area (Å²) in [5.41, 5.74) is -1.77. The van der Waals surface area contributed by atoms with Crippen LogP contribution in [0.4, 0.5) is 14.5 Å². The predicted octanol–water partition coefficient (Wildman–Crippen LogP) is 1.51. The van der Waals surface area contributed by atoms with Crippen LogP contribution < -0.4 is 0 Å². The van der Waals surface area contributed by atoms with Crippen molar-refractivity contribution >= 4 is 11.7 Å². The van der Waals surface area contributed by atoms with E-state index in [0.717, 1.165) is 4.68 Å². The van der Waals surface area contributed by atoms with Gasteiger partial charge in [-0.2, -0.15) is 5.10 Å². The summed E-state index contributed by atoms with van der Waals surface area (Å²) in [4.78, 5) is 20.0. The summed E-state index contributed by atoms with van der Waals surface area (Å²) in [5, 5.41) is 22.4. The number of alkyl halides is 2. The van der Waals surface area contributed by atoms with Gasteiger partial charge in [-0.1, -0.05) is 0 Å². The lowest BCUT2D eigenvalue weighted by atomic mass is 10.3. The van der Waals surface area contributed by atoms with E-state index in [9.17, 15) is 23.7 Å². The number of aryl methyl sites for hydroxylation is 1. The molecular weight excluding hydrogens is 240 g/mol. The molecule has 0 fully saturated rings. The zero-order chi connectivity index (χ0) is 13.2. The lowest BCUT2D eigenvalue weighted by molar-refractivity contribution is -0.386. The minimum atomic E-state index is -3.07. The van der Waals surface area contributed by atoms with E-state index in [1.807, 2.05) is 0 Å². The molecule has 0 amide bonds. The minimum absolute atomic E-state index is 0.0773. The number of carboxylic acid groups (broad SMARTS) is 1. The molecule has 1 heterocycles. The van der Waals surface area contributed by atoms with Gasteiger partial charge in [-0.3, -0.25) is 19.6 Å². The molecule has 1 N–H and O–H groups in total. The topological polar surface area (TPSA) is 98.3 Å². The molecule has 1 rings (SSSR count). The Balaban J connectivity index is 3.12. The maximum absolute atomic E-state index is 12.5. The van der Waals surface area contributed by atoms with E-state index in [1.54, 1.807) is 0 Å². The molecule has 0 aliphatic heterocycles. The number of nitro groups is 1. The number of nitrogens with zero attached hydrogens (tertiary/aromatic N) is 3. The van der Waals surface area contributed by atoms with Crippen molar-refractivity contribution in [2.75, 3.05) is 0 Å². The minimum Gasteiger partial charge on any atom is -0.481 e. The molecule has 94 valence electrons. The van der Waals surface area contributed by atoms with Gasteiger partial charge in [-0.25, -0.2) is 8.78 Å². The van der Waals surface area contributed by atoms with Gasteiger partial charge >= 0.3 is 11.7 Å². The molecule has 0 aromatic carbocycles. The highest BCUT2D eigenvalue weighted by Gasteiger charge is 2.30. The molecule has 0 atom stereocenters. The summed E-state index contributed by atoms with van der Waals surface area (Å²) in [6.07, 6.45) is -3.41. The van der Waals surface area contributed by atoms with Crippen molar-refractivity contribution in [2.24, 2.45) is 0 Å². The average molecular weight is 249 g/mol. The molecule has 0 radical (unpaired) electrons. The lowest BCUT2D eigenvalue weighted by Crippen LogP contribution is -2.07. The van der Waals surface area contributed by atoms with Gasteiger partial charge in [0.25, 0.3) is 6.43 Å². The second kappa shape index (κ2) is 4.85. The molecule has 0 unspecified atom stereocenters. The molecule has 9 heteroatoms. The van der Waals surface area contributed by atoms with E-state index in [-0.39, 0.29) is 18.7 Å². The molecule has 0 aliphatic rings. The summed E-state index contributed by atoms with van der Waals surface area (Å²) in [7, 11) is 0. The third-order valence-electron chi connectivity index (χ3n) is 2.13. The quantitative estimate of drug-likeness (QED) is 0.630. The van der Waals surface area contributed by atoms with E-state index in [1.165, 1.54) is 6.92 Å². The van der Waals surface area contributed by atoms with Crippen LogP contribution in [-0.2, 0) is 11.3 Å². The van der Waals surface area contributed by atoms with Gasteiger partial charge in [0, 0.05) is 0 Å². The Kier molecular flexibility index (Phi) is 3.71. The fourth-order valence-electron chi connectivity index (χ4n) is 1.35. The van der Waals surface area contributed by atoms with Crippen LogP contribution in [0.5, 0.6) is 0 Å². The van der Waals surface area contributed by atoms with Crippen molar-refractivity contribution in [2.45, 2.75) is 26.3 Å². The van der Waals surface area contributed by atoms with Crippen molar-refractivity contribution in [3.8, 4) is 0 Å². The van der Waals surface area contributed by atoms with Gasteiger partial charge < -0.3 is 5.11 Å². The van der Waals surface area contributed by atoms with Crippen molar-refractivity contribution < 1.29 is 23.6 Å². The van der Waals surface area contributed by atoms with Crippen LogP contribution in [0, 0.1) is 17.0 Å². The number of hydrogen-bond acceptors (Lipinski definition) is 4. The molecule has 1 aromatic rings. The van der Waals surface area contributed by atoms with Crippen LogP contribution in [0.3, 0.4) is 0 Å². The number of carboxylic acids is 1. The van der Waals surface area contributed by atoms with Crippen LogP contribution in [-0.4, -0.2) is 25.8 Å². The van der Waals surface area contributed by atoms with E-state index < -0.39 is 28.7 Å². The Morgan fingerprint density at radius 2 is 2.24 bits per heavy atom. The Hall–Kier alpha value is -2.06. The number of carbonyl (C=O) groups is 1. The van der Waals surface area contributed by atoms with Crippen LogP contribution in [0.15, 0.2) is 0 Å². The molecule has 0 saturated heterocycles. The Morgan fingerprint density at radius 1 is 1.65 bits per heavy atom. The van der Waals surface area contributed by atoms with Crippen molar-refractivity contribution in [1.29, 1.82) is 0 Å². The standard InChI is InChI=1S/C8H9F2N3O4/c1-4-7(13(16)17)6(8(9)10)11-12(4)3-2-5(14)15/h8H,2-3H2,1H3,(H,14,15). The Labute approximate surface area is 93.8 Å². The van der Waals surface area contributed by atoms with Gasteiger partial charge in [-0.15, -0.1) is 0 Å². The number of aliphatic carboxylic acids is 1. The van der Waals surface area contributed by atoms with Crippen molar-refractivity contribution in [1.82, 2.24) is 9.78 Å². The highest BCUT2D eigenvalue weighted by molar-refractivity contribution is 5.66.